The molecule has 64 heavy (non-hydrogen) atoms. The Hall–Kier alpha value is -7.57. The Labute approximate surface area is 366 Å². The van der Waals surface area contributed by atoms with Crippen molar-refractivity contribution in [1.82, 2.24) is 36.2 Å². The fraction of sp³-hybridized carbons (Fsp3) is 0.356. The Bertz CT molecular complexity index is 2520. The van der Waals surface area contributed by atoms with Gasteiger partial charge in [0.15, 0.2) is 24.7 Å². The third kappa shape index (κ3) is 10.0. The molecule has 1 aromatic heterocycles. The number of amides is 8. The van der Waals surface area contributed by atoms with E-state index >= 15 is 0 Å². The van der Waals surface area contributed by atoms with Crippen molar-refractivity contribution in [3.05, 3.63) is 94.2 Å². The van der Waals surface area contributed by atoms with Crippen LogP contribution < -0.4 is 30.7 Å². The molecule has 0 spiro atoms. The summed E-state index contributed by atoms with van der Waals surface area (Å²) in [7, 11) is 3.16. The predicted octanol–water partition coefficient (Wildman–Crippen LogP) is 2.82. The molecule has 3 aliphatic rings. The minimum Gasteiger partial charge on any atom is -0.507 e. The molecule has 0 saturated carbocycles. The zero-order valence-corrected chi connectivity index (χ0v) is 35.2. The number of fused-ring (bicyclic) bond motifs is 2. The van der Waals surface area contributed by atoms with Gasteiger partial charge in [0.25, 0.3) is 35.4 Å². The van der Waals surface area contributed by atoms with Gasteiger partial charge in [-0.15, -0.1) is 0 Å². The van der Waals surface area contributed by atoms with E-state index in [9.17, 15) is 43.5 Å². The number of imide groups is 2. The quantitative estimate of drug-likeness (QED) is 0.0713. The topological polar surface area (TPSA) is 256 Å². The maximum Gasteiger partial charge on any atom is 0.273 e. The van der Waals surface area contributed by atoms with Crippen LogP contribution in [-0.4, -0.2) is 114 Å². The van der Waals surface area contributed by atoms with E-state index in [1.54, 1.807) is 26.2 Å². The summed E-state index contributed by atoms with van der Waals surface area (Å²) in [6, 6.07) is 14.4. The van der Waals surface area contributed by atoms with Crippen molar-refractivity contribution in [2.24, 2.45) is 0 Å². The van der Waals surface area contributed by atoms with Crippen molar-refractivity contribution < 1.29 is 57.5 Å². The number of phenolic OH excluding ortho intramolecular Hbond substituents is 1. The largest absolute Gasteiger partial charge is 0.507 e. The first-order valence-electron chi connectivity index (χ1n) is 20.9. The molecular formula is C45H47N7O12. The number of aryl methyl sites for hydroxylation is 1. The number of nitrogens with one attached hydrogen (secondary N) is 4. The molecule has 19 heteroatoms. The molecule has 2 atom stereocenters. The molecule has 0 radical (unpaired) electrons. The highest BCUT2D eigenvalue weighted by atomic mass is 16.5. The molecule has 0 bridgehead atoms. The molecular weight excluding hydrogens is 831 g/mol. The third-order valence-electron chi connectivity index (χ3n) is 11.1. The van der Waals surface area contributed by atoms with Gasteiger partial charge in [0.1, 0.15) is 23.3 Å². The Morgan fingerprint density at radius 2 is 1.59 bits per heavy atom. The van der Waals surface area contributed by atoms with Crippen LogP contribution in [0.25, 0.3) is 11.3 Å². The first-order valence-corrected chi connectivity index (χ1v) is 20.9. The molecule has 8 amide bonds. The molecule has 1 fully saturated rings. The second-order valence-electron chi connectivity index (χ2n) is 15.8. The van der Waals surface area contributed by atoms with Gasteiger partial charge in [-0.25, -0.2) is 0 Å². The number of rotatable bonds is 18. The number of carbonyl (C=O) groups is 8. The Balaban J connectivity index is 0.771. The van der Waals surface area contributed by atoms with Crippen LogP contribution in [-0.2, 0) is 25.6 Å². The molecule has 7 rings (SSSR count). The molecule has 1 aliphatic carbocycles. The number of aromatic nitrogens is 1. The third-order valence-corrected chi connectivity index (χ3v) is 11.1. The first kappa shape index (κ1) is 44.5. The lowest BCUT2D eigenvalue weighted by Crippen LogP contribution is -2.54. The lowest BCUT2D eigenvalue weighted by molar-refractivity contribution is -0.136. The number of benzene rings is 3. The van der Waals surface area contributed by atoms with Crippen LogP contribution in [0.1, 0.15) is 104 Å². The van der Waals surface area contributed by atoms with Gasteiger partial charge in [0.05, 0.1) is 22.7 Å². The number of aromatic hydroxyl groups is 1. The van der Waals surface area contributed by atoms with Crippen molar-refractivity contribution in [3.8, 4) is 28.6 Å². The summed E-state index contributed by atoms with van der Waals surface area (Å²) in [5.74, 6) is -3.55. The molecule has 334 valence electrons. The molecule has 3 heterocycles. The normalized spacial score (nSPS) is 16.4. The SMILES string of the molecule is CN(C)C(=O)c1ccc(-c2cc(C(=O)N[C@@H]3CCc4ccc(OCC(=O)NCCCCCCNC(=O)COc5cccc6c5C(=O)N(C5CCC(=O)NC5=O)C6=O)cc43)no2)cc1O. The number of carbonyl (C=O) groups excluding carboxylic acids is 8. The monoisotopic (exact) mass is 877 g/mol. The smallest absolute Gasteiger partial charge is 0.273 e. The van der Waals surface area contributed by atoms with Crippen LogP contribution in [0.5, 0.6) is 17.2 Å². The number of nitrogens with zero attached hydrogens (tertiary/aromatic N) is 3. The van der Waals surface area contributed by atoms with Crippen molar-refractivity contribution in [1.29, 1.82) is 0 Å². The van der Waals surface area contributed by atoms with E-state index in [1.807, 2.05) is 12.1 Å². The van der Waals surface area contributed by atoms with Crippen molar-refractivity contribution in [2.45, 2.75) is 63.5 Å². The van der Waals surface area contributed by atoms with Gasteiger partial charge in [-0.1, -0.05) is 36.2 Å². The summed E-state index contributed by atoms with van der Waals surface area (Å²) in [6.07, 6.45) is 4.40. The van der Waals surface area contributed by atoms with E-state index in [0.717, 1.165) is 35.3 Å². The van der Waals surface area contributed by atoms with E-state index in [4.69, 9.17) is 14.0 Å². The molecule has 4 aromatic rings. The molecule has 19 nitrogen and oxygen atoms in total. The minimum absolute atomic E-state index is 0.00129. The molecule has 3 aromatic carbocycles. The second-order valence-corrected chi connectivity index (χ2v) is 15.8. The van der Waals surface area contributed by atoms with Gasteiger partial charge >= 0.3 is 0 Å². The highest BCUT2D eigenvalue weighted by Crippen LogP contribution is 2.36. The van der Waals surface area contributed by atoms with Crippen LogP contribution in [0.15, 0.2) is 65.2 Å². The van der Waals surface area contributed by atoms with Gasteiger partial charge in [-0.05, 0) is 79.6 Å². The van der Waals surface area contributed by atoms with Gasteiger partial charge in [0, 0.05) is 45.2 Å². The maximum atomic E-state index is 13.2. The summed E-state index contributed by atoms with van der Waals surface area (Å²) >= 11 is 0. The Morgan fingerprint density at radius 3 is 2.30 bits per heavy atom. The second kappa shape index (κ2) is 19.6. The van der Waals surface area contributed by atoms with Crippen LogP contribution >= 0.6 is 0 Å². The van der Waals surface area contributed by atoms with Gasteiger partial charge < -0.3 is 40.0 Å². The van der Waals surface area contributed by atoms with E-state index in [0.29, 0.717) is 43.7 Å². The average Bonchev–Trinajstić information content (AvgIpc) is 3.99. The summed E-state index contributed by atoms with van der Waals surface area (Å²) in [5, 5.41) is 25.0. The van der Waals surface area contributed by atoms with Crippen LogP contribution in [0.2, 0.25) is 0 Å². The number of ether oxygens (including phenoxy) is 2. The summed E-state index contributed by atoms with van der Waals surface area (Å²) in [6.45, 7) is 0.231. The fourth-order valence-corrected chi connectivity index (χ4v) is 7.73. The predicted molar refractivity (Wildman–Crippen MR) is 225 cm³/mol. The molecule has 1 unspecified atom stereocenters. The van der Waals surface area contributed by atoms with Crippen molar-refractivity contribution in [3.63, 3.8) is 0 Å². The number of hydrogen-bond donors (Lipinski definition) is 5. The molecule has 5 N–H and O–H groups in total. The standard InChI is InChI=1S/C45H47N7O12/c1-51(2)43(59)28-14-11-26(20-34(28)53)36-22-32(50-64-36)41(57)48-31-15-12-25-10-13-27(21-30(25)31)62-23-38(55)46-18-5-3-4-6-19-47-39(56)24-63-35-9-7-8-29-40(35)45(61)52(44(29)60)33-16-17-37(54)49-42(33)58/h7-11,13-14,20-22,31,33,53H,3-6,12,15-19,23-24H2,1-2H3,(H,46,55)(H,47,56)(H,48,57)(H,49,54,58)/t31-,33?/m1/s1. The summed E-state index contributed by atoms with van der Waals surface area (Å²) in [4.78, 5) is 103. The minimum atomic E-state index is -1.11. The summed E-state index contributed by atoms with van der Waals surface area (Å²) < 4.78 is 16.8. The van der Waals surface area contributed by atoms with E-state index in [1.165, 1.54) is 41.3 Å². The Kier molecular flexibility index (Phi) is 13.7. The first-order chi connectivity index (χ1) is 30.8. The number of piperidine rings is 1. The van der Waals surface area contributed by atoms with E-state index in [2.05, 4.69) is 26.4 Å². The maximum absolute atomic E-state index is 13.2. The highest BCUT2D eigenvalue weighted by Gasteiger charge is 2.46. The Morgan fingerprint density at radius 1 is 0.859 bits per heavy atom. The highest BCUT2D eigenvalue weighted by molar-refractivity contribution is 6.24. The van der Waals surface area contributed by atoms with Crippen LogP contribution in [0.4, 0.5) is 0 Å². The van der Waals surface area contributed by atoms with E-state index < -0.39 is 48.1 Å². The lowest BCUT2D eigenvalue weighted by atomic mass is 10.0. The van der Waals surface area contributed by atoms with Crippen LogP contribution in [0, 0.1) is 0 Å². The molecule has 1 saturated heterocycles. The number of phenols is 1. The van der Waals surface area contributed by atoms with Crippen molar-refractivity contribution >= 4 is 47.3 Å². The molecule has 2 aliphatic heterocycles. The summed E-state index contributed by atoms with van der Waals surface area (Å²) in [5.41, 5.74) is 2.57. The zero-order chi connectivity index (χ0) is 45.5. The van der Waals surface area contributed by atoms with E-state index in [-0.39, 0.29) is 76.9 Å². The van der Waals surface area contributed by atoms with Gasteiger partial charge in [0.2, 0.25) is 11.8 Å². The number of hydrogen-bond acceptors (Lipinski definition) is 13. The van der Waals surface area contributed by atoms with Crippen molar-refractivity contribution in [2.75, 3.05) is 40.4 Å². The average molecular weight is 878 g/mol. The van der Waals surface area contributed by atoms with Gasteiger partial charge in [-0.2, -0.15) is 0 Å². The van der Waals surface area contributed by atoms with Crippen LogP contribution in [0.3, 0.4) is 0 Å². The van der Waals surface area contributed by atoms with Gasteiger partial charge in [-0.3, -0.25) is 48.6 Å². The fourth-order valence-electron chi connectivity index (χ4n) is 7.73. The zero-order valence-electron chi connectivity index (χ0n) is 35.2. The lowest BCUT2D eigenvalue weighted by Gasteiger charge is -2.27. The number of unbranched alkanes of at least 4 members (excludes halogenated alkanes) is 3.